The fourth-order valence-corrected chi connectivity index (χ4v) is 5.48. The first-order valence-electron chi connectivity index (χ1n) is 13.1. The maximum Gasteiger partial charge on any atom is 0.417 e. The Kier molecular flexibility index (Phi) is 8.74. The molecule has 0 atom stereocenters. The van der Waals surface area contributed by atoms with Crippen LogP contribution in [-0.2, 0) is 23.7 Å². The van der Waals surface area contributed by atoms with Crippen LogP contribution in [0.25, 0.3) is 17.3 Å². The second kappa shape index (κ2) is 12.3. The van der Waals surface area contributed by atoms with Gasteiger partial charge in [0, 0.05) is 37.6 Å². The Balaban J connectivity index is 1.16. The standard InChI is InChI=1S/C28H24F6N6O2S/c29-27(30,31)18-1-2-20(21(12-18)28(32,33)34)22-11-17(3-7-36-22)15-35-14-16-5-9-40(10-6-16)25-37-8-4-19(38-25)13-23-24(41)39-26(42)43-23/h1-4,7-8,11-13,16,35H,5-6,9-10,14-15H2,(H,39,41,42). The molecule has 0 radical (unpaired) electrons. The van der Waals surface area contributed by atoms with Crippen LogP contribution in [0, 0.1) is 5.92 Å². The fourth-order valence-electron chi connectivity index (χ4n) is 4.82. The number of alkyl halides is 6. The van der Waals surface area contributed by atoms with Gasteiger partial charge in [0.25, 0.3) is 11.1 Å². The first kappa shape index (κ1) is 30.5. The molecule has 4 heterocycles. The number of pyridine rings is 1. The van der Waals surface area contributed by atoms with Crippen LogP contribution in [0.5, 0.6) is 0 Å². The van der Waals surface area contributed by atoms with Gasteiger partial charge in [-0.15, -0.1) is 0 Å². The van der Waals surface area contributed by atoms with Crippen LogP contribution in [0.1, 0.15) is 35.2 Å². The van der Waals surface area contributed by atoms with Crippen molar-refractivity contribution in [2.75, 3.05) is 24.5 Å². The molecular formula is C28H24F6N6O2S. The van der Waals surface area contributed by atoms with Crippen molar-refractivity contribution in [3.63, 3.8) is 0 Å². The molecule has 2 fully saturated rings. The van der Waals surface area contributed by atoms with Crippen LogP contribution in [0.15, 0.2) is 53.7 Å². The normalized spacial score (nSPS) is 17.5. The van der Waals surface area contributed by atoms with Crippen molar-refractivity contribution in [2.45, 2.75) is 31.7 Å². The molecule has 0 unspecified atom stereocenters. The summed E-state index contributed by atoms with van der Waals surface area (Å²) in [5.41, 5.74) is -2.10. The molecule has 1 aromatic carbocycles. The third-order valence-corrected chi connectivity index (χ3v) is 7.81. The highest BCUT2D eigenvalue weighted by molar-refractivity contribution is 8.18. The second-order valence-electron chi connectivity index (χ2n) is 10.0. The van der Waals surface area contributed by atoms with Crippen molar-refractivity contribution in [1.82, 2.24) is 25.6 Å². The summed E-state index contributed by atoms with van der Waals surface area (Å²) in [5, 5.41) is 5.08. The molecular weight excluding hydrogens is 598 g/mol. The number of anilines is 1. The van der Waals surface area contributed by atoms with E-state index >= 15 is 0 Å². The number of rotatable bonds is 7. The number of nitrogens with zero attached hydrogens (tertiary/aromatic N) is 4. The number of imide groups is 1. The highest BCUT2D eigenvalue weighted by Crippen LogP contribution is 2.40. The van der Waals surface area contributed by atoms with Crippen molar-refractivity contribution in [2.24, 2.45) is 5.92 Å². The number of hydrogen-bond acceptors (Lipinski definition) is 8. The molecule has 8 nitrogen and oxygen atoms in total. The summed E-state index contributed by atoms with van der Waals surface area (Å²) in [6, 6.07) is 6.27. The Hall–Kier alpha value is -3.98. The minimum Gasteiger partial charge on any atom is -0.341 e. The average Bonchev–Trinajstić information content (AvgIpc) is 3.28. The molecule has 2 aliphatic rings. The summed E-state index contributed by atoms with van der Waals surface area (Å²) in [5.74, 6) is 0.373. The largest absolute Gasteiger partial charge is 0.417 e. The van der Waals surface area contributed by atoms with Crippen molar-refractivity contribution in [1.29, 1.82) is 0 Å². The van der Waals surface area contributed by atoms with Gasteiger partial charge >= 0.3 is 12.4 Å². The first-order chi connectivity index (χ1) is 20.4. The lowest BCUT2D eigenvalue weighted by molar-refractivity contribution is -0.142. The number of nitrogens with one attached hydrogen (secondary N) is 2. The molecule has 5 rings (SSSR count). The van der Waals surface area contributed by atoms with Gasteiger partial charge in [0.15, 0.2) is 0 Å². The van der Waals surface area contributed by atoms with E-state index in [0.29, 0.717) is 55.4 Å². The van der Waals surface area contributed by atoms with Gasteiger partial charge in [0.05, 0.1) is 27.4 Å². The Morgan fingerprint density at radius 2 is 1.72 bits per heavy atom. The van der Waals surface area contributed by atoms with Crippen LogP contribution >= 0.6 is 11.8 Å². The van der Waals surface area contributed by atoms with Crippen molar-refractivity contribution in [3.8, 4) is 11.3 Å². The molecule has 2 saturated heterocycles. The summed E-state index contributed by atoms with van der Waals surface area (Å²) in [4.78, 5) is 38.3. The molecule has 3 aromatic rings. The quantitative estimate of drug-likeness (QED) is 0.248. The lowest BCUT2D eigenvalue weighted by atomic mass is 9.97. The highest BCUT2D eigenvalue weighted by Gasteiger charge is 2.38. The van der Waals surface area contributed by atoms with Crippen molar-refractivity contribution >= 4 is 34.9 Å². The zero-order valence-electron chi connectivity index (χ0n) is 22.3. The van der Waals surface area contributed by atoms with Crippen molar-refractivity contribution < 1.29 is 35.9 Å². The van der Waals surface area contributed by atoms with Gasteiger partial charge in [-0.25, -0.2) is 9.97 Å². The Morgan fingerprint density at radius 3 is 2.40 bits per heavy atom. The van der Waals surface area contributed by atoms with Crippen LogP contribution < -0.4 is 15.5 Å². The molecule has 2 N–H and O–H groups in total. The molecule has 0 aliphatic carbocycles. The van der Waals surface area contributed by atoms with E-state index in [2.05, 4.69) is 25.6 Å². The van der Waals surface area contributed by atoms with Gasteiger partial charge in [0.2, 0.25) is 5.95 Å². The Labute approximate surface area is 246 Å². The van der Waals surface area contributed by atoms with Crippen LogP contribution in [0.2, 0.25) is 0 Å². The first-order valence-corrected chi connectivity index (χ1v) is 14.0. The minimum absolute atomic E-state index is 0.0645. The van der Waals surface area contributed by atoms with Gasteiger partial charge in [0.1, 0.15) is 0 Å². The van der Waals surface area contributed by atoms with E-state index in [4.69, 9.17) is 0 Å². The lowest BCUT2D eigenvalue weighted by Crippen LogP contribution is -2.38. The molecule has 2 amide bonds. The fraction of sp³-hybridized carbons (Fsp3) is 0.321. The molecule has 0 bridgehead atoms. The number of carbonyl (C=O) groups is 2. The summed E-state index contributed by atoms with van der Waals surface area (Å²) in [6.45, 7) is 2.36. The third-order valence-electron chi connectivity index (χ3n) is 7.00. The maximum atomic E-state index is 13.6. The SMILES string of the molecule is O=C1NC(=O)C(=Cc2ccnc(N3CCC(CNCc4ccnc(-c5ccc(C(F)(F)F)cc5C(F)(F)F)c4)CC3)n2)S1. The highest BCUT2D eigenvalue weighted by atomic mass is 32.2. The Morgan fingerprint density at radius 1 is 0.977 bits per heavy atom. The second-order valence-corrected chi connectivity index (χ2v) is 11.0. The van der Waals surface area contributed by atoms with E-state index in [9.17, 15) is 35.9 Å². The van der Waals surface area contributed by atoms with E-state index < -0.39 is 40.2 Å². The number of halogens is 6. The number of aromatic nitrogens is 3. The number of benzene rings is 1. The van der Waals surface area contributed by atoms with Gasteiger partial charge in [-0.2, -0.15) is 26.3 Å². The lowest BCUT2D eigenvalue weighted by Gasteiger charge is -2.32. The molecule has 43 heavy (non-hydrogen) atoms. The van der Waals surface area contributed by atoms with Crippen molar-refractivity contribution in [3.05, 3.63) is 76.1 Å². The van der Waals surface area contributed by atoms with E-state index in [1.54, 1.807) is 24.4 Å². The average molecular weight is 623 g/mol. The molecule has 2 aromatic heterocycles. The van der Waals surface area contributed by atoms with Gasteiger partial charge in [-0.1, -0.05) is 6.07 Å². The predicted octanol–water partition coefficient (Wildman–Crippen LogP) is 5.91. The zero-order valence-corrected chi connectivity index (χ0v) is 23.1. The van der Waals surface area contributed by atoms with Crippen LogP contribution in [-0.4, -0.2) is 45.7 Å². The molecule has 226 valence electrons. The smallest absolute Gasteiger partial charge is 0.341 e. The number of thioether (sulfide) groups is 1. The zero-order chi connectivity index (χ0) is 30.8. The monoisotopic (exact) mass is 622 g/mol. The third kappa shape index (κ3) is 7.51. The van der Waals surface area contributed by atoms with Crippen LogP contribution in [0.3, 0.4) is 0 Å². The molecule has 0 saturated carbocycles. The van der Waals surface area contributed by atoms with Gasteiger partial charge in [-0.05, 0) is 79.0 Å². The number of carbonyl (C=O) groups excluding carboxylic acids is 2. The number of amides is 2. The summed E-state index contributed by atoms with van der Waals surface area (Å²) >= 11 is 0.813. The minimum atomic E-state index is -4.99. The number of hydrogen-bond donors (Lipinski definition) is 2. The van der Waals surface area contributed by atoms with E-state index in [0.717, 1.165) is 30.7 Å². The van der Waals surface area contributed by atoms with Gasteiger partial charge < -0.3 is 10.2 Å². The summed E-state index contributed by atoms with van der Waals surface area (Å²) in [7, 11) is 0. The topological polar surface area (TPSA) is 100 Å². The van der Waals surface area contributed by atoms with Gasteiger partial charge in [-0.3, -0.25) is 19.9 Å². The molecule has 15 heteroatoms. The Bertz CT molecular complexity index is 1550. The van der Waals surface area contributed by atoms with E-state index in [-0.39, 0.29) is 16.7 Å². The maximum absolute atomic E-state index is 13.6. The molecule has 0 spiro atoms. The van der Waals surface area contributed by atoms with E-state index in [1.807, 2.05) is 4.90 Å². The van der Waals surface area contributed by atoms with E-state index in [1.165, 1.54) is 12.3 Å². The molecule has 2 aliphatic heterocycles. The summed E-state index contributed by atoms with van der Waals surface area (Å²) in [6.07, 6.45) is -3.77. The number of piperidine rings is 1. The summed E-state index contributed by atoms with van der Waals surface area (Å²) < 4.78 is 80.0. The van der Waals surface area contributed by atoms with Crippen LogP contribution in [0.4, 0.5) is 37.1 Å². The predicted molar refractivity (Wildman–Crippen MR) is 147 cm³/mol.